The van der Waals surface area contributed by atoms with Crippen molar-refractivity contribution >= 4 is 49.8 Å². The Bertz CT molecular complexity index is 1060. The molecule has 1 atom stereocenters. The number of hydrogen-bond donors (Lipinski definition) is 1. The molecule has 1 fully saturated rings. The van der Waals surface area contributed by atoms with Crippen molar-refractivity contribution in [1.29, 1.82) is 0 Å². The first-order valence-electron chi connectivity index (χ1n) is 9.19. The molecule has 0 spiro atoms. The van der Waals surface area contributed by atoms with Gasteiger partial charge in [0.2, 0.25) is 21.7 Å². The predicted molar refractivity (Wildman–Crippen MR) is 112 cm³/mol. The third-order valence-corrected chi connectivity index (χ3v) is 5.84. The smallest absolute Gasteiger partial charge is 0.312 e. The van der Waals surface area contributed by atoms with Crippen LogP contribution in [0.15, 0.2) is 29.6 Å². The minimum Gasteiger partial charge on any atom is -0.454 e. The number of Topliss-reactive ketones (excluding diaryl/α,β-unsaturated/α-hetero) is 1. The molecule has 1 aromatic carbocycles. The van der Waals surface area contributed by atoms with Crippen molar-refractivity contribution in [3.63, 3.8) is 0 Å². The van der Waals surface area contributed by atoms with Crippen molar-refractivity contribution < 1.29 is 27.5 Å². The molecule has 1 aromatic heterocycles. The molecule has 1 N–H and O–H groups in total. The molecule has 1 aliphatic rings. The van der Waals surface area contributed by atoms with Crippen LogP contribution in [0.4, 0.5) is 10.8 Å². The first-order valence-corrected chi connectivity index (χ1v) is 12.0. The number of aromatic nitrogens is 1. The number of esters is 1. The lowest BCUT2D eigenvalue weighted by Gasteiger charge is -2.13. The van der Waals surface area contributed by atoms with E-state index in [0.717, 1.165) is 12.7 Å². The SMILES string of the molecule is CC(OC(=O)Cc1csc(N2CCCC2=O)n1)C(=O)c1ccc(NS(C)(=O)=O)cc1. The Hall–Kier alpha value is -2.79. The number of nitrogens with zero attached hydrogens (tertiary/aromatic N) is 2. The Morgan fingerprint density at radius 2 is 2.00 bits per heavy atom. The highest BCUT2D eigenvalue weighted by atomic mass is 32.2. The van der Waals surface area contributed by atoms with Gasteiger partial charge in [-0.05, 0) is 37.6 Å². The number of rotatable bonds is 8. The summed E-state index contributed by atoms with van der Waals surface area (Å²) in [6.45, 7) is 2.10. The summed E-state index contributed by atoms with van der Waals surface area (Å²) < 4.78 is 30.0. The Morgan fingerprint density at radius 1 is 1.30 bits per heavy atom. The van der Waals surface area contributed by atoms with Crippen molar-refractivity contribution in [2.24, 2.45) is 0 Å². The molecule has 160 valence electrons. The Balaban J connectivity index is 1.55. The second-order valence-corrected chi connectivity index (χ2v) is 9.48. The molecule has 0 aliphatic carbocycles. The summed E-state index contributed by atoms with van der Waals surface area (Å²) in [5.74, 6) is -0.984. The van der Waals surface area contributed by atoms with E-state index in [1.807, 2.05) is 0 Å². The fraction of sp³-hybridized carbons (Fsp3) is 0.368. The fourth-order valence-electron chi connectivity index (χ4n) is 2.94. The highest BCUT2D eigenvalue weighted by Gasteiger charge is 2.25. The maximum atomic E-state index is 12.5. The number of ether oxygens (including phenoxy) is 1. The number of thiazole rings is 1. The van der Waals surface area contributed by atoms with E-state index in [2.05, 4.69) is 9.71 Å². The summed E-state index contributed by atoms with van der Waals surface area (Å²) in [6, 6.07) is 5.83. The number of anilines is 2. The summed E-state index contributed by atoms with van der Waals surface area (Å²) in [5.41, 5.74) is 1.10. The largest absolute Gasteiger partial charge is 0.454 e. The van der Waals surface area contributed by atoms with Gasteiger partial charge in [-0.2, -0.15) is 0 Å². The first-order chi connectivity index (χ1) is 14.1. The third-order valence-electron chi connectivity index (χ3n) is 4.32. The standard InChI is InChI=1S/C19H21N3O6S2/c1-12(18(25)13-5-7-14(8-6-13)21-30(2,26)27)28-17(24)10-15-11-29-19(20-15)22-9-3-4-16(22)23/h5-8,11-12,21H,3-4,9-10H2,1-2H3. The normalized spacial score (nSPS) is 15.1. The molecule has 0 saturated carbocycles. The molecule has 11 heteroatoms. The van der Waals surface area contributed by atoms with E-state index >= 15 is 0 Å². The number of sulfonamides is 1. The second-order valence-electron chi connectivity index (χ2n) is 6.90. The van der Waals surface area contributed by atoms with Crippen LogP contribution in [0.5, 0.6) is 0 Å². The molecule has 1 saturated heterocycles. The lowest BCUT2D eigenvalue weighted by molar-refractivity contribution is -0.145. The number of nitrogens with one attached hydrogen (secondary N) is 1. The minimum atomic E-state index is -3.41. The summed E-state index contributed by atoms with van der Waals surface area (Å²) in [7, 11) is -3.41. The average molecular weight is 452 g/mol. The van der Waals surface area contributed by atoms with E-state index in [0.29, 0.717) is 29.5 Å². The Morgan fingerprint density at radius 3 is 2.60 bits per heavy atom. The van der Waals surface area contributed by atoms with Gasteiger partial charge < -0.3 is 4.74 Å². The van der Waals surface area contributed by atoms with Gasteiger partial charge in [-0.3, -0.25) is 24.0 Å². The second kappa shape index (κ2) is 8.92. The zero-order chi connectivity index (χ0) is 21.9. The van der Waals surface area contributed by atoms with Crippen LogP contribution in [0.25, 0.3) is 0 Å². The van der Waals surface area contributed by atoms with E-state index in [9.17, 15) is 22.8 Å². The van der Waals surface area contributed by atoms with Crippen LogP contribution in [0.3, 0.4) is 0 Å². The molecule has 0 radical (unpaired) electrons. The van der Waals surface area contributed by atoms with Gasteiger partial charge in [0.25, 0.3) is 0 Å². The molecule has 1 unspecified atom stereocenters. The van der Waals surface area contributed by atoms with Crippen LogP contribution in [0, 0.1) is 0 Å². The maximum absolute atomic E-state index is 12.5. The maximum Gasteiger partial charge on any atom is 0.312 e. The van der Waals surface area contributed by atoms with Crippen LogP contribution in [0.2, 0.25) is 0 Å². The molecular formula is C19H21N3O6S2. The first kappa shape index (κ1) is 21.9. The van der Waals surface area contributed by atoms with Crippen LogP contribution in [0.1, 0.15) is 35.8 Å². The van der Waals surface area contributed by atoms with Gasteiger partial charge in [-0.1, -0.05) is 0 Å². The number of carbonyl (C=O) groups excluding carboxylic acids is 3. The van der Waals surface area contributed by atoms with Crippen molar-refractivity contribution in [1.82, 2.24) is 4.98 Å². The molecule has 0 bridgehead atoms. The monoisotopic (exact) mass is 451 g/mol. The molecule has 3 rings (SSSR count). The quantitative estimate of drug-likeness (QED) is 0.481. The zero-order valence-corrected chi connectivity index (χ0v) is 18.1. The van der Waals surface area contributed by atoms with Crippen molar-refractivity contribution in [2.45, 2.75) is 32.3 Å². The predicted octanol–water partition coefficient (Wildman–Crippen LogP) is 2.00. The fourth-order valence-corrected chi connectivity index (χ4v) is 4.38. The summed E-state index contributed by atoms with van der Waals surface area (Å²) in [4.78, 5) is 42.4. The third kappa shape index (κ3) is 5.63. The number of benzene rings is 1. The van der Waals surface area contributed by atoms with Gasteiger partial charge in [-0.25, -0.2) is 13.4 Å². The van der Waals surface area contributed by atoms with Crippen molar-refractivity contribution in [2.75, 3.05) is 22.4 Å². The van der Waals surface area contributed by atoms with Gasteiger partial charge in [0, 0.05) is 29.6 Å². The topological polar surface area (TPSA) is 123 Å². The summed E-state index contributed by atoms with van der Waals surface area (Å²) in [6.07, 6.45) is 1.21. The van der Waals surface area contributed by atoms with E-state index in [-0.39, 0.29) is 17.9 Å². The van der Waals surface area contributed by atoms with E-state index < -0.39 is 27.9 Å². The van der Waals surface area contributed by atoms with Crippen LogP contribution >= 0.6 is 11.3 Å². The zero-order valence-electron chi connectivity index (χ0n) is 16.5. The molecule has 1 amide bonds. The molecular weight excluding hydrogens is 430 g/mol. The van der Waals surface area contributed by atoms with Gasteiger partial charge >= 0.3 is 5.97 Å². The Kier molecular flexibility index (Phi) is 6.52. The molecule has 1 aliphatic heterocycles. The van der Waals surface area contributed by atoms with Crippen LogP contribution < -0.4 is 9.62 Å². The van der Waals surface area contributed by atoms with Gasteiger partial charge in [0.1, 0.15) is 0 Å². The summed E-state index contributed by atoms with van der Waals surface area (Å²) in [5, 5.41) is 2.26. The van der Waals surface area contributed by atoms with Gasteiger partial charge in [0.05, 0.1) is 18.4 Å². The number of ketones is 1. The minimum absolute atomic E-state index is 0.0236. The van der Waals surface area contributed by atoms with Crippen LogP contribution in [-0.4, -0.2) is 50.0 Å². The average Bonchev–Trinajstić information content (AvgIpc) is 3.28. The van der Waals surface area contributed by atoms with E-state index in [1.54, 1.807) is 10.3 Å². The molecule has 9 nitrogen and oxygen atoms in total. The number of hydrogen-bond acceptors (Lipinski definition) is 8. The van der Waals surface area contributed by atoms with E-state index in [4.69, 9.17) is 4.74 Å². The van der Waals surface area contributed by atoms with Crippen LogP contribution in [-0.2, 0) is 30.8 Å². The van der Waals surface area contributed by atoms with Crippen molar-refractivity contribution in [3.05, 3.63) is 40.9 Å². The molecule has 2 aromatic rings. The van der Waals surface area contributed by atoms with Crippen molar-refractivity contribution in [3.8, 4) is 0 Å². The molecule has 30 heavy (non-hydrogen) atoms. The highest BCUT2D eigenvalue weighted by molar-refractivity contribution is 7.92. The van der Waals surface area contributed by atoms with Gasteiger partial charge in [-0.15, -0.1) is 11.3 Å². The lowest BCUT2D eigenvalue weighted by atomic mass is 10.1. The highest BCUT2D eigenvalue weighted by Crippen LogP contribution is 2.25. The molecule has 2 heterocycles. The lowest BCUT2D eigenvalue weighted by Crippen LogP contribution is -2.25. The van der Waals surface area contributed by atoms with E-state index in [1.165, 1.54) is 42.5 Å². The summed E-state index contributed by atoms with van der Waals surface area (Å²) >= 11 is 1.29. The number of amides is 1. The number of carbonyl (C=O) groups is 3. The Labute approximate surface area is 178 Å². The van der Waals surface area contributed by atoms with Gasteiger partial charge in [0.15, 0.2) is 11.2 Å².